The molecule has 8 rings (SSSR count). The predicted molar refractivity (Wildman–Crippen MR) is 225 cm³/mol. The van der Waals surface area contributed by atoms with Crippen molar-refractivity contribution in [3.05, 3.63) is 109 Å². The van der Waals surface area contributed by atoms with E-state index in [9.17, 15) is 4.57 Å². The molecule has 0 aliphatic heterocycles. The summed E-state index contributed by atoms with van der Waals surface area (Å²) in [5, 5.41) is 2.90. The number of hydrogen-bond acceptors (Lipinski definition) is 1. The van der Waals surface area contributed by atoms with Gasteiger partial charge in [0.15, 0.2) is 0 Å². The van der Waals surface area contributed by atoms with Crippen molar-refractivity contribution in [1.82, 2.24) is 0 Å². The van der Waals surface area contributed by atoms with Gasteiger partial charge in [-0.1, -0.05) is 194 Å². The van der Waals surface area contributed by atoms with Crippen LogP contribution >= 0.6 is 15.1 Å². The molecule has 4 aliphatic carbocycles. The Kier molecular flexibility index (Phi) is 13.4. The van der Waals surface area contributed by atoms with E-state index in [4.69, 9.17) is 0 Å². The van der Waals surface area contributed by atoms with E-state index < -0.39 is 7.14 Å². The molecular weight excluding hydrogens is 654 g/mol. The molecule has 4 fully saturated rings. The summed E-state index contributed by atoms with van der Waals surface area (Å²) in [5.41, 5.74) is 8.12. The Balaban J connectivity index is 0.000000159. The third-order valence-electron chi connectivity index (χ3n) is 12.8. The summed E-state index contributed by atoms with van der Waals surface area (Å²) < 4.78 is 14.9. The van der Waals surface area contributed by atoms with E-state index >= 15 is 0 Å². The average Bonchev–Trinajstić information content (AvgIpc) is 3.23. The lowest BCUT2D eigenvalue weighted by atomic mass is 9.99. The van der Waals surface area contributed by atoms with Crippen LogP contribution in [0.25, 0.3) is 22.3 Å². The van der Waals surface area contributed by atoms with E-state index in [1.54, 1.807) is 5.30 Å². The van der Waals surface area contributed by atoms with Gasteiger partial charge in [0.1, 0.15) is 7.14 Å². The van der Waals surface area contributed by atoms with E-state index in [2.05, 4.69) is 109 Å². The molecule has 0 spiro atoms. The molecular formula is C48H62OP2. The van der Waals surface area contributed by atoms with Crippen molar-refractivity contribution in [3.8, 4) is 22.3 Å². The first-order chi connectivity index (χ1) is 25.2. The fourth-order valence-corrected chi connectivity index (χ4v) is 18.7. The van der Waals surface area contributed by atoms with Crippen molar-refractivity contribution in [2.75, 3.05) is 0 Å². The van der Waals surface area contributed by atoms with Crippen molar-refractivity contribution in [2.45, 2.75) is 151 Å². The normalized spacial score (nSPS) is 20.1. The maximum absolute atomic E-state index is 14.9. The molecule has 1 nitrogen and oxygen atoms in total. The van der Waals surface area contributed by atoms with Gasteiger partial charge < -0.3 is 4.57 Å². The van der Waals surface area contributed by atoms with Gasteiger partial charge in [-0.2, -0.15) is 0 Å². The molecule has 0 amide bonds. The van der Waals surface area contributed by atoms with Crippen molar-refractivity contribution < 1.29 is 4.57 Å². The van der Waals surface area contributed by atoms with Crippen LogP contribution in [0.1, 0.15) is 128 Å². The van der Waals surface area contributed by atoms with Crippen LogP contribution in [0.2, 0.25) is 0 Å². The molecule has 0 saturated heterocycles. The monoisotopic (exact) mass is 716 g/mol. The van der Waals surface area contributed by atoms with E-state index in [1.807, 2.05) is 0 Å². The van der Waals surface area contributed by atoms with Gasteiger partial charge in [0, 0.05) is 16.6 Å². The van der Waals surface area contributed by atoms with Gasteiger partial charge in [0.2, 0.25) is 0 Å². The smallest absolute Gasteiger partial charge is 0.122 e. The molecule has 4 aromatic rings. The standard InChI is InChI=1S/C24H31OP.C24H31P/c25-26(21-14-6-2-7-15-21,22-16-8-3-9-17-22)24-19-11-10-18-23(24)20-12-4-1-5-13-20;1-4-12-20(13-5-1)23-18-10-11-19-24(23)25(21-14-6-2-7-15-21)22-16-8-3-9-17-22/h1,4-5,10-13,18-19,21-22H,2-3,6-9,14-17H2;1,4-5,10-13,18-19,21-22H,2-3,6-9,14-17H2. The second kappa shape index (κ2) is 18.5. The molecule has 0 unspecified atom stereocenters. The van der Waals surface area contributed by atoms with Crippen molar-refractivity contribution in [2.24, 2.45) is 0 Å². The molecule has 0 aromatic heterocycles. The zero-order valence-corrected chi connectivity index (χ0v) is 32.9. The zero-order chi connectivity index (χ0) is 34.7. The van der Waals surface area contributed by atoms with Crippen molar-refractivity contribution >= 4 is 25.7 Å². The Morgan fingerprint density at radius 3 is 1.25 bits per heavy atom. The van der Waals surface area contributed by atoms with Crippen molar-refractivity contribution in [3.63, 3.8) is 0 Å². The van der Waals surface area contributed by atoms with Gasteiger partial charge >= 0.3 is 0 Å². The molecule has 0 radical (unpaired) electrons. The van der Waals surface area contributed by atoms with Crippen LogP contribution in [0.3, 0.4) is 0 Å². The molecule has 270 valence electrons. The van der Waals surface area contributed by atoms with Gasteiger partial charge in [0.05, 0.1) is 0 Å². The Morgan fingerprint density at radius 2 is 0.765 bits per heavy atom. The first kappa shape index (κ1) is 36.9. The lowest BCUT2D eigenvalue weighted by Crippen LogP contribution is -2.30. The summed E-state index contributed by atoms with van der Waals surface area (Å²) >= 11 is 0. The van der Waals surface area contributed by atoms with Crippen molar-refractivity contribution in [1.29, 1.82) is 0 Å². The van der Waals surface area contributed by atoms with E-state index in [0.29, 0.717) is 11.3 Å². The molecule has 4 aromatic carbocycles. The Morgan fingerprint density at radius 1 is 0.392 bits per heavy atom. The second-order valence-electron chi connectivity index (χ2n) is 16.1. The highest BCUT2D eigenvalue weighted by atomic mass is 31.2. The lowest BCUT2D eigenvalue weighted by molar-refractivity contribution is 0.453. The SMILES string of the molecule is O=P(c1ccccc1-c1ccccc1)(C1CCCCC1)C1CCCCC1.c1ccc(-c2ccccc2P(C2CCCCC2)C2CCCCC2)cc1. The predicted octanol–water partition coefficient (Wildman–Crippen LogP) is 14.1. The minimum Gasteiger partial charge on any atom is -0.318 e. The lowest BCUT2D eigenvalue weighted by Gasteiger charge is -2.39. The average molecular weight is 717 g/mol. The molecule has 0 atom stereocenters. The minimum atomic E-state index is -2.43. The molecule has 0 heterocycles. The van der Waals surface area contributed by atoms with Gasteiger partial charge in [-0.15, -0.1) is 0 Å². The highest BCUT2D eigenvalue weighted by molar-refractivity contribution is 7.73. The van der Waals surface area contributed by atoms with Crippen LogP contribution in [0.5, 0.6) is 0 Å². The van der Waals surface area contributed by atoms with Crippen LogP contribution in [-0.2, 0) is 4.57 Å². The van der Waals surface area contributed by atoms with Gasteiger partial charge in [0.25, 0.3) is 0 Å². The first-order valence-electron chi connectivity index (χ1n) is 20.9. The molecule has 4 saturated carbocycles. The molecule has 0 bridgehead atoms. The quantitative estimate of drug-likeness (QED) is 0.166. The third-order valence-corrected chi connectivity index (χ3v) is 20.7. The van der Waals surface area contributed by atoms with E-state index in [1.165, 1.54) is 130 Å². The topological polar surface area (TPSA) is 17.1 Å². The highest BCUT2D eigenvalue weighted by Crippen LogP contribution is 2.63. The third kappa shape index (κ3) is 8.85. The number of rotatable bonds is 8. The van der Waals surface area contributed by atoms with Crippen LogP contribution < -0.4 is 10.6 Å². The van der Waals surface area contributed by atoms with E-state index in [0.717, 1.165) is 37.0 Å². The zero-order valence-electron chi connectivity index (χ0n) is 31.1. The minimum absolute atomic E-state index is 0.0365. The largest absolute Gasteiger partial charge is 0.318 e. The fourth-order valence-electron chi connectivity index (χ4n) is 10.2. The van der Waals surface area contributed by atoms with Gasteiger partial charge in [-0.05, 0) is 90.2 Å². The summed E-state index contributed by atoms with van der Waals surface area (Å²) in [7, 11) is -2.46. The van der Waals surface area contributed by atoms with Gasteiger partial charge in [-0.25, -0.2) is 0 Å². The summed E-state index contributed by atoms with van der Waals surface area (Å²) in [5.74, 6) is 0. The molecule has 4 aliphatic rings. The maximum atomic E-state index is 14.9. The summed E-state index contributed by atoms with van der Waals surface area (Å²) in [4.78, 5) is 0. The molecule has 51 heavy (non-hydrogen) atoms. The van der Waals surface area contributed by atoms with Crippen LogP contribution in [0.15, 0.2) is 109 Å². The Hall–Kier alpha value is -2.46. The first-order valence-corrected chi connectivity index (χ1v) is 24.2. The second-order valence-corrected chi connectivity index (χ2v) is 22.2. The van der Waals surface area contributed by atoms with Crippen LogP contribution in [0.4, 0.5) is 0 Å². The molecule has 0 N–H and O–H groups in total. The highest BCUT2D eigenvalue weighted by Gasteiger charge is 2.43. The number of hydrogen-bond donors (Lipinski definition) is 0. The fraction of sp³-hybridized carbons (Fsp3) is 0.500. The van der Waals surface area contributed by atoms with Crippen LogP contribution in [0, 0.1) is 0 Å². The Bertz CT molecular complexity index is 1620. The van der Waals surface area contributed by atoms with Gasteiger partial charge in [-0.3, -0.25) is 0 Å². The molecule has 3 heteroatoms. The van der Waals surface area contributed by atoms with E-state index in [-0.39, 0.29) is 7.92 Å². The Labute approximate surface area is 311 Å². The maximum Gasteiger partial charge on any atom is 0.122 e. The summed E-state index contributed by atoms with van der Waals surface area (Å²) in [6.45, 7) is 0. The number of benzene rings is 4. The summed E-state index contributed by atoms with van der Waals surface area (Å²) in [6.07, 6.45) is 27.0. The van der Waals surface area contributed by atoms with Crippen LogP contribution in [-0.4, -0.2) is 22.6 Å². The summed E-state index contributed by atoms with van der Waals surface area (Å²) in [6, 6.07) is 39.7.